The fourth-order valence-corrected chi connectivity index (χ4v) is 8.92. The van der Waals surface area contributed by atoms with Crippen molar-refractivity contribution in [1.82, 2.24) is 0 Å². The molecule has 0 bridgehead atoms. The number of alkyl halides is 1. The number of hydrogen-bond donors (Lipinski definition) is 0. The Bertz CT molecular complexity index is 591. The highest BCUT2D eigenvalue weighted by Gasteiger charge is 2.58. The van der Waals surface area contributed by atoms with Crippen LogP contribution >= 0.6 is 11.6 Å². The molecule has 0 nitrogen and oxygen atoms in total. The van der Waals surface area contributed by atoms with Gasteiger partial charge in [-0.05, 0) is 97.7 Å². The second kappa shape index (κ2) is 7.94. The van der Waals surface area contributed by atoms with Gasteiger partial charge in [-0.3, -0.25) is 0 Å². The van der Waals surface area contributed by atoms with Crippen LogP contribution in [0.4, 0.5) is 0 Å². The Morgan fingerprint density at radius 3 is 2.54 bits per heavy atom. The monoisotopic (exact) mass is 404 g/mol. The van der Waals surface area contributed by atoms with Gasteiger partial charge in [0.25, 0.3) is 0 Å². The number of halogens is 1. The van der Waals surface area contributed by atoms with Crippen LogP contribution in [0.2, 0.25) is 0 Å². The van der Waals surface area contributed by atoms with Gasteiger partial charge in [-0.1, -0.05) is 65.5 Å². The van der Waals surface area contributed by atoms with Gasteiger partial charge >= 0.3 is 0 Å². The zero-order valence-corrected chi connectivity index (χ0v) is 20.0. The summed E-state index contributed by atoms with van der Waals surface area (Å²) in [5.41, 5.74) is 2.82. The zero-order chi connectivity index (χ0) is 20.1. The lowest BCUT2D eigenvalue weighted by molar-refractivity contribution is -0.0498. The quantitative estimate of drug-likeness (QED) is 0.317. The smallest absolute Gasteiger partial charge is 0.0373 e. The minimum absolute atomic E-state index is 0.396. The Morgan fingerprint density at radius 1 is 1.00 bits per heavy atom. The number of allylic oxidation sites excluding steroid dienone is 2. The molecule has 0 heterocycles. The van der Waals surface area contributed by atoms with Crippen molar-refractivity contribution in [3.8, 4) is 0 Å². The third-order valence-electron chi connectivity index (χ3n) is 10.2. The topological polar surface area (TPSA) is 0 Å². The SMILES string of the molecule is CC(C)CCC[C@@H](C)C1CCC2C3CC=C4CC(Cl)CCC4(C)C3CCC21C. The minimum Gasteiger partial charge on any atom is -0.123 e. The Balaban J connectivity index is 1.49. The van der Waals surface area contributed by atoms with E-state index < -0.39 is 0 Å². The normalized spacial score (nSPS) is 46.5. The van der Waals surface area contributed by atoms with E-state index in [1.807, 2.05) is 0 Å². The predicted molar refractivity (Wildman–Crippen MR) is 123 cm³/mol. The van der Waals surface area contributed by atoms with Gasteiger partial charge in [-0.25, -0.2) is 0 Å². The fraction of sp³-hybridized carbons (Fsp3) is 0.926. The molecule has 4 aliphatic rings. The van der Waals surface area contributed by atoms with E-state index in [1.54, 1.807) is 5.57 Å². The van der Waals surface area contributed by atoms with Crippen LogP contribution in [0.25, 0.3) is 0 Å². The molecule has 0 spiro atoms. The zero-order valence-electron chi connectivity index (χ0n) is 19.3. The molecule has 4 rings (SSSR count). The van der Waals surface area contributed by atoms with Gasteiger partial charge in [0, 0.05) is 5.38 Å². The van der Waals surface area contributed by atoms with E-state index in [4.69, 9.17) is 11.6 Å². The molecular weight excluding hydrogens is 360 g/mol. The summed E-state index contributed by atoms with van der Waals surface area (Å²) in [6, 6.07) is 0. The van der Waals surface area contributed by atoms with E-state index >= 15 is 0 Å². The van der Waals surface area contributed by atoms with Crippen LogP contribution in [-0.4, -0.2) is 5.38 Å². The second-order valence-electron chi connectivity index (χ2n) is 12.1. The second-order valence-corrected chi connectivity index (χ2v) is 12.7. The molecule has 4 aliphatic carbocycles. The number of rotatable bonds is 5. The van der Waals surface area contributed by atoms with Gasteiger partial charge in [-0.2, -0.15) is 0 Å². The summed E-state index contributed by atoms with van der Waals surface area (Å²) in [6.45, 7) is 12.7. The highest BCUT2D eigenvalue weighted by Crippen LogP contribution is 2.67. The van der Waals surface area contributed by atoms with E-state index in [2.05, 4.69) is 40.7 Å². The van der Waals surface area contributed by atoms with Crippen molar-refractivity contribution in [2.24, 2.45) is 46.3 Å². The maximum absolute atomic E-state index is 6.56. The van der Waals surface area contributed by atoms with Gasteiger partial charge in [-0.15, -0.1) is 11.6 Å². The summed E-state index contributed by atoms with van der Waals surface area (Å²) in [4.78, 5) is 0. The molecule has 0 amide bonds. The van der Waals surface area contributed by atoms with Crippen molar-refractivity contribution in [2.45, 2.75) is 111 Å². The maximum Gasteiger partial charge on any atom is 0.0373 e. The summed E-state index contributed by atoms with van der Waals surface area (Å²) >= 11 is 6.56. The van der Waals surface area contributed by atoms with Gasteiger partial charge in [0.1, 0.15) is 0 Å². The maximum atomic E-state index is 6.56. The van der Waals surface area contributed by atoms with Crippen molar-refractivity contribution in [2.75, 3.05) is 0 Å². The molecular formula is C27H45Cl. The molecule has 0 saturated heterocycles. The third kappa shape index (κ3) is 3.52. The summed E-state index contributed by atoms with van der Waals surface area (Å²) in [7, 11) is 0. The van der Waals surface area contributed by atoms with E-state index in [-0.39, 0.29) is 0 Å². The first-order valence-electron chi connectivity index (χ1n) is 12.6. The molecule has 1 heteroatoms. The van der Waals surface area contributed by atoms with Gasteiger partial charge in [0.05, 0.1) is 0 Å². The summed E-state index contributed by atoms with van der Waals surface area (Å²) in [5.74, 6) is 5.62. The molecule has 0 radical (unpaired) electrons. The lowest BCUT2D eigenvalue weighted by atomic mass is 9.47. The average Bonchev–Trinajstić information content (AvgIpc) is 2.99. The Hall–Kier alpha value is 0.0300. The first-order valence-corrected chi connectivity index (χ1v) is 13.0. The molecule has 0 aromatic rings. The Labute approximate surface area is 180 Å². The molecule has 0 N–H and O–H groups in total. The summed E-state index contributed by atoms with van der Waals surface area (Å²) in [5, 5.41) is 0.396. The lowest BCUT2D eigenvalue weighted by Gasteiger charge is -2.58. The molecule has 0 aromatic heterocycles. The largest absolute Gasteiger partial charge is 0.123 e. The molecule has 28 heavy (non-hydrogen) atoms. The van der Waals surface area contributed by atoms with Gasteiger partial charge in [0.15, 0.2) is 0 Å². The van der Waals surface area contributed by atoms with Crippen molar-refractivity contribution >= 4 is 11.6 Å². The fourth-order valence-electron chi connectivity index (χ4n) is 8.64. The van der Waals surface area contributed by atoms with Crippen LogP contribution in [-0.2, 0) is 0 Å². The first kappa shape index (κ1) is 21.3. The summed E-state index contributed by atoms with van der Waals surface area (Å²) < 4.78 is 0. The molecule has 8 atom stereocenters. The van der Waals surface area contributed by atoms with Crippen LogP contribution < -0.4 is 0 Å². The average molecular weight is 405 g/mol. The minimum atomic E-state index is 0.396. The molecule has 7 unspecified atom stereocenters. The lowest BCUT2D eigenvalue weighted by Crippen LogP contribution is -2.50. The van der Waals surface area contributed by atoms with Gasteiger partial charge in [0.2, 0.25) is 0 Å². The number of hydrogen-bond acceptors (Lipinski definition) is 0. The van der Waals surface area contributed by atoms with E-state index in [0.29, 0.717) is 16.2 Å². The van der Waals surface area contributed by atoms with Crippen LogP contribution in [0.5, 0.6) is 0 Å². The van der Waals surface area contributed by atoms with Crippen molar-refractivity contribution in [3.05, 3.63) is 11.6 Å². The molecule has 160 valence electrons. The van der Waals surface area contributed by atoms with Crippen LogP contribution in [0.3, 0.4) is 0 Å². The molecule has 0 aliphatic heterocycles. The van der Waals surface area contributed by atoms with Crippen LogP contribution in [0.1, 0.15) is 105 Å². The summed E-state index contributed by atoms with van der Waals surface area (Å²) in [6.07, 6.45) is 18.0. The van der Waals surface area contributed by atoms with Gasteiger partial charge < -0.3 is 0 Å². The highest BCUT2D eigenvalue weighted by molar-refractivity contribution is 6.20. The molecule has 3 saturated carbocycles. The van der Waals surface area contributed by atoms with Crippen molar-refractivity contribution < 1.29 is 0 Å². The number of fused-ring (bicyclic) bond motifs is 5. The van der Waals surface area contributed by atoms with Crippen LogP contribution in [0.15, 0.2) is 11.6 Å². The van der Waals surface area contributed by atoms with Crippen molar-refractivity contribution in [1.29, 1.82) is 0 Å². The third-order valence-corrected chi connectivity index (χ3v) is 10.6. The van der Waals surface area contributed by atoms with Crippen molar-refractivity contribution in [3.63, 3.8) is 0 Å². The van der Waals surface area contributed by atoms with Crippen LogP contribution in [0, 0.1) is 46.3 Å². The predicted octanol–water partition coefficient (Wildman–Crippen LogP) is 8.64. The van der Waals surface area contributed by atoms with E-state index in [9.17, 15) is 0 Å². The Morgan fingerprint density at radius 2 is 1.79 bits per heavy atom. The van der Waals surface area contributed by atoms with E-state index in [0.717, 1.165) is 35.5 Å². The molecule has 3 fully saturated rings. The Kier molecular flexibility index (Phi) is 6.03. The molecule has 0 aromatic carbocycles. The standard InChI is InChI=1S/C27H45Cl/c1-18(2)7-6-8-19(3)23-11-12-24-22-10-9-20-17-21(28)13-15-26(20,4)25(22)14-16-27(23,24)5/h9,18-19,21-25H,6-8,10-17H2,1-5H3/t19-,21?,22?,23?,24?,25?,26?,27?/m1/s1. The highest BCUT2D eigenvalue weighted by atomic mass is 35.5. The van der Waals surface area contributed by atoms with E-state index in [1.165, 1.54) is 70.6 Å². The first-order chi connectivity index (χ1) is 13.3.